The molecule has 0 fully saturated rings. The quantitative estimate of drug-likeness (QED) is 0.598. The van der Waals surface area contributed by atoms with Crippen LogP contribution in [0.2, 0.25) is 0 Å². The number of rotatable bonds is 5. The first-order valence-corrected chi connectivity index (χ1v) is 6.25. The highest BCUT2D eigenvalue weighted by molar-refractivity contribution is 6.12. The number of hydrogen-bond acceptors (Lipinski definition) is 2. The van der Waals surface area contributed by atoms with Gasteiger partial charge in [-0.3, -0.25) is 4.79 Å². The van der Waals surface area contributed by atoms with E-state index in [0.717, 1.165) is 11.3 Å². The van der Waals surface area contributed by atoms with E-state index in [1.165, 1.54) is 0 Å². The molecule has 2 aromatic rings. The third-order valence-corrected chi connectivity index (χ3v) is 3.00. The number of carbonyl (C=O) groups excluding carboxylic acids is 1. The van der Waals surface area contributed by atoms with E-state index < -0.39 is 0 Å². The lowest BCUT2D eigenvalue weighted by molar-refractivity contribution is 0.103. The van der Waals surface area contributed by atoms with Gasteiger partial charge in [0.15, 0.2) is 5.78 Å². The number of carbonyl (C=O) groups is 1. The Kier molecular flexibility index (Phi) is 4.14. The summed E-state index contributed by atoms with van der Waals surface area (Å²) in [5.41, 5.74) is 2.36. The van der Waals surface area contributed by atoms with Crippen molar-refractivity contribution in [3.8, 4) is 0 Å². The van der Waals surface area contributed by atoms with Gasteiger partial charge in [-0.25, -0.2) is 0 Å². The molecule has 0 N–H and O–H groups in total. The molecule has 0 aliphatic rings. The minimum atomic E-state index is 0.0483. The van der Waals surface area contributed by atoms with Crippen LogP contribution in [0.1, 0.15) is 15.9 Å². The fraction of sp³-hybridized carbons (Fsp3) is 0.118. The first-order chi connectivity index (χ1) is 9.24. The molecule has 2 rings (SSSR count). The second-order valence-corrected chi connectivity index (χ2v) is 4.38. The average molecular weight is 251 g/mol. The van der Waals surface area contributed by atoms with Crippen molar-refractivity contribution in [1.82, 2.24) is 0 Å². The Morgan fingerprint density at radius 2 is 1.74 bits per heavy atom. The van der Waals surface area contributed by atoms with E-state index in [0.29, 0.717) is 12.1 Å². The van der Waals surface area contributed by atoms with Crippen LogP contribution in [0.25, 0.3) is 0 Å². The fourth-order valence-corrected chi connectivity index (χ4v) is 2.04. The molecule has 0 aliphatic carbocycles. The van der Waals surface area contributed by atoms with Gasteiger partial charge in [0.1, 0.15) is 0 Å². The van der Waals surface area contributed by atoms with Crippen molar-refractivity contribution in [2.24, 2.45) is 0 Å². The maximum absolute atomic E-state index is 12.5. The van der Waals surface area contributed by atoms with Crippen LogP contribution in [0.15, 0.2) is 67.3 Å². The first-order valence-electron chi connectivity index (χ1n) is 6.25. The fourth-order valence-electron chi connectivity index (χ4n) is 2.04. The van der Waals surface area contributed by atoms with Gasteiger partial charge in [-0.1, -0.05) is 48.5 Å². The van der Waals surface area contributed by atoms with Gasteiger partial charge >= 0.3 is 0 Å². The Labute approximate surface area is 114 Å². The van der Waals surface area contributed by atoms with E-state index in [4.69, 9.17) is 0 Å². The Balaban J connectivity index is 2.40. The molecule has 0 bridgehead atoms. The predicted octanol–water partition coefficient (Wildman–Crippen LogP) is 3.54. The van der Waals surface area contributed by atoms with Crippen molar-refractivity contribution >= 4 is 11.5 Å². The van der Waals surface area contributed by atoms with Gasteiger partial charge in [0, 0.05) is 30.4 Å². The molecule has 0 heterocycles. The smallest absolute Gasteiger partial charge is 0.195 e. The van der Waals surface area contributed by atoms with E-state index in [1.807, 2.05) is 72.6 Å². The van der Waals surface area contributed by atoms with Crippen molar-refractivity contribution in [3.63, 3.8) is 0 Å². The van der Waals surface area contributed by atoms with Crippen LogP contribution in [0, 0.1) is 0 Å². The topological polar surface area (TPSA) is 20.3 Å². The van der Waals surface area contributed by atoms with Gasteiger partial charge in [-0.15, -0.1) is 6.58 Å². The molecule has 0 radical (unpaired) electrons. The van der Waals surface area contributed by atoms with Crippen LogP contribution in [0.5, 0.6) is 0 Å². The van der Waals surface area contributed by atoms with E-state index in [2.05, 4.69) is 6.58 Å². The second-order valence-electron chi connectivity index (χ2n) is 4.38. The lowest BCUT2D eigenvalue weighted by Crippen LogP contribution is -2.19. The van der Waals surface area contributed by atoms with Crippen molar-refractivity contribution in [3.05, 3.63) is 78.4 Å². The predicted molar refractivity (Wildman–Crippen MR) is 79.8 cm³/mol. The van der Waals surface area contributed by atoms with Crippen LogP contribution in [0.4, 0.5) is 5.69 Å². The SMILES string of the molecule is C=CCN(C)c1ccccc1C(=O)c1ccccc1. The molecule has 2 nitrogen and oxygen atoms in total. The second kappa shape index (κ2) is 6.01. The van der Waals surface area contributed by atoms with E-state index in [1.54, 1.807) is 0 Å². The summed E-state index contributed by atoms with van der Waals surface area (Å²) in [6, 6.07) is 17.0. The Morgan fingerprint density at radius 1 is 1.11 bits per heavy atom. The minimum absolute atomic E-state index is 0.0483. The number of ketones is 1. The molecule has 0 atom stereocenters. The van der Waals surface area contributed by atoms with Gasteiger partial charge in [-0.2, -0.15) is 0 Å². The maximum atomic E-state index is 12.5. The molecule has 0 aromatic heterocycles. The van der Waals surface area contributed by atoms with Crippen molar-refractivity contribution < 1.29 is 4.79 Å². The molecule has 96 valence electrons. The molecule has 0 aliphatic heterocycles. The number of anilines is 1. The van der Waals surface area contributed by atoms with Gasteiger partial charge in [0.2, 0.25) is 0 Å². The van der Waals surface area contributed by atoms with E-state index in [9.17, 15) is 4.79 Å². The van der Waals surface area contributed by atoms with Crippen LogP contribution in [-0.2, 0) is 0 Å². The van der Waals surface area contributed by atoms with Crippen LogP contribution in [0.3, 0.4) is 0 Å². The maximum Gasteiger partial charge on any atom is 0.195 e. The largest absolute Gasteiger partial charge is 0.370 e. The molecule has 0 amide bonds. The highest BCUT2D eigenvalue weighted by Gasteiger charge is 2.14. The summed E-state index contributed by atoms with van der Waals surface area (Å²) in [5, 5.41) is 0. The van der Waals surface area contributed by atoms with Crippen LogP contribution in [-0.4, -0.2) is 19.4 Å². The zero-order valence-electron chi connectivity index (χ0n) is 11.0. The first kappa shape index (κ1) is 13.1. The van der Waals surface area contributed by atoms with Gasteiger partial charge < -0.3 is 4.90 Å². The number of benzene rings is 2. The molecule has 2 heteroatoms. The number of para-hydroxylation sites is 1. The van der Waals surface area contributed by atoms with Gasteiger partial charge in [0.25, 0.3) is 0 Å². The number of hydrogen-bond donors (Lipinski definition) is 0. The summed E-state index contributed by atoms with van der Waals surface area (Å²) in [5.74, 6) is 0.0483. The highest BCUT2D eigenvalue weighted by Crippen LogP contribution is 2.22. The molecule has 19 heavy (non-hydrogen) atoms. The molecule has 0 unspecified atom stereocenters. The van der Waals surface area contributed by atoms with Crippen LogP contribution < -0.4 is 4.90 Å². The summed E-state index contributed by atoms with van der Waals surface area (Å²) in [4.78, 5) is 14.5. The van der Waals surface area contributed by atoms with Crippen molar-refractivity contribution in [1.29, 1.82) is 0 Å². The molecule has 2 aromatic carbocycles. The van der Waals surface area contributed by atoms with E-state index >= 15 is 0 Å². The molecular formula is C17H17NO. The third-order valence-electron chi connectivity index (χ3n) is 3.00. The third kappa shape index (κ3) is 2.91. The number of nitrogens with zero attached hydrogens (tertiary/aromatic N) is 1. The average Bonchev–Trinajstić information content (AvgIpc) is 2.47. The lowest BCUT2D eigenvalue weighted by atomic mass is 10.0. The molecular weight excluding hydrogens is 234 g/mol. The lowest BCUT2D eigenvalue weighted by Gasteiger charge is -2.20. The van der Waals surface area contributed by atoms with Gasteiger partial charge in [-0.05, 0) is 12.1 Å². The van der Waals surface area contributed by atoms with Crippen molar-refractivity contribution in [2.75, 3.05) is 18.5 Å². The standard InChI is InChI=1S/C17H17NO/c1-3-13-18(2)16-12-8-7-11-15(16)17(19)14-9-5-4-6-10-14/h3-12H,1,13H2,2H3. The molecule has 0 saturated carbocycles. The van der Waals surface area contributed by atoms with Crippen LogP contribution >= 0.6 is 0 Å². The monoisotopic (exact) mass is 251 g/mol. The van der Waals surface area contributed by atoms with Crippen molar-refractivity contribution in [2.45, 2.75) is 0 Å². The summed E-state index contributed by atoms with van der Waals surface area (Å²) in [7, 11) is 1.96. The Bertz CT molecular complexity index is 575. The zero-order valence-corrected chi connectivity index (χ0v) is 11.0. The summed E-state index contributed by atoms with van der Waals surface area (Å²) in [6.07, 6.45) is 1.82. The normalized spacial score (nSPS) is 9.95. The minimum Gasteiger partial charge on any atom is -0.370 e. The molecule has 0 spiro atoms. The van der Waals surface area contributed by atoms with Gasteiger partial charge in [0.05, 0.1) is 0 Å². The number of likely N-dealkylation sites (N-methyl/N-ethyl adjacent to an activating group) is 1. The molecule has 0 saturated heterocycles. The Hall–Kier alpha value is -2.35. The van der Waals surface area contributed by atoms with E-state index in [-0.39, 0.29) is 5.78 Å². The summed E-state index contributed by atoms with van der Waals surface area (Å²) >= 11 is 0. The summed E-state index contributed by atoms with van der Waals surface area (Å²) in [6.45, 7) is 4.44. The summed E-state index contributed by atoms with van der Waals surface area (Å²) < 4.78 is 0. The Morgan fingerprint density at radius 3 is 2.42 bits per heavy atom. The zero-order chi connectivity index (χ0) is 13.7. The highest BCUT2D eigenvalue weighted by atomic mass is 16.1.